The van der Waals surface area contributed by atoms with E-state index in [1.807, 2.05) is 0 Å². The van der Waals surface area contributed by atoms with E-state index < -0.39 is 6.09 Å². The lowest BCUT2D eigenvalue weighted by atomic mass is 10.2. The van der Waals surface area contributed by atoms with Gasteiger partial charge in [0.2, 0.25) is 0 Å². The Morgan fingerprint density at radius 3 is 2.92 bits per heavy atom. The highest BCUT2D eigenvalue weighted by atomic mass is 16.4. The summed E-state index contributed by atoms with van der Waals surface area (Å²) in [6.45, 7) is 0.419. The molecule has 0 aromatic carbocycles. The normalized spacial score (nSPS) is 20.0. The molecule has 0 atom stereocenters. The molecular weight excluding hydrogens is 156 g/mol. The smallest absolute Gasteiger partial charge is 0.411 e. The zero-order valence-corrected chi connectivity index (χ0v) is 6.32. The average molecular weight is 164 g/mol. The van der Waals surface area contributed by atoms with Crippen molar-refractivity contribution in [2.75, 3.05) is 6.54 Å². The van der Waals surface area contributed by atoms with Gasteiger partial charge in [-0.1, -0.05) is 0 Å². The van der Waals surface area contributed by atoms with Crippen LogP contribution in [0, 0.1) is 0 Å². The number of nitrogens with zero attached hydrogens (tertiary/aromatic N) is 1. The monoisotopic (exact) mass is 164 g/mol. The largest absolute Gasteiger partial charge is 0.465 e. The summed E-state index contributed by atoms with van der Waals surface area (Å²) in [7, 11) is 0. The minimum Gasteiger partial charge on any atom is -0.465 e. The molecule has 1 heterocycles. The number of allylic oxidation sites excluding steroid dienone is 2. The first kappa shape index (κ1) is 6.97. The molecule has 4 nitrogen and oxygen atoms in total. The van der Waals surface area contributed by atoms with Gasteiger partial charge in [0.05, 0.1) is 6.54 Å². The van der Waals surface area contributed by atoms with Gasteiger partial charge in [-0.3, -0.25) is 4.90 Å². The van der Waals surface area contributed by atoms with Crippen LogP contribution in [0.5, 0.6) is 0 Å². The second-order valence-electron chi connectivity index (χ2n) is 2.81. The van der Waals surface area contributed by atoms with Crippen LogP contribution in [0.15, 0.2) is 35.2 Å². The third-order valence-corrected chi connectivity index (χ3v) is 1.92. The summed E-state index contributed by atoms with van der Waals surface area (Å²) < 4.78 is 0. The molecule has 0 saturated heterocycles. The summed E-state index contributed by atoms with van der Waals surface area (Å²) in [6.07, 6.45) is 4.24. The molecule has 0 unspecified atom stereocenters. The SMILES string of the molecule is NC1=CC2=CN(C(=O)O)CC2=C1. The van der Waals surface area contributed by atoms with Crippen LogP contribution >= 0.6 is 0 Å². The van der Waals surface area contributed by atoms with Gasteiger partial charge in [0.15, 0.2) is 0 Å². The maximum atomic E-state index is 10.5. The number of hydrogen-bond donors (Lipinski definition) is 2. The number of hydrogen-bond acceptors (Lipinski definition) is 2. The summed E-state index contributed by atoms with van der Waals surface area (Å²) in [4.78, 5) is 11.8. The fourth-order valence-corrected chi connectivity index (χ4v) is 1.38. The number of rotatable bonds is 0. The van der Waals surface area contributed by atoms with E-state index in [0.717, 1.165) is 11.1 Å². The van der Waals surface area contributed by atoms with Gasteiger partial charge in [-0.15, -0.1) is 0 Å². The van der Waals surface area contributed by atoms with E-state index in [-0.39, 0.29) is 0 Å². The van der Waals surface area contributed by atoms with Crippen LogP contribution in [0.3, 0.4) is 0 Å². The Morgan fingerprint density at radius 2 is 2.33 bits per heavy atom. The van der Waals surface area contributed by atoms with E-state index in [9.17, 15) is 4.79 Å². The van der Waals surface area contributed by atoms with Gasteiger partial charge in [-0.05, 0) is 23.3 Å². The first-order valence-corrected chi connectivity index (χ1v) is 3.56. The molecule has 1 aliphatic carbocycles. The molecule has 0 saturated carbocycles. The summed E-state index contributed by atoms with van der Waals surface area (Å²) in [5.74, 6) is 0. The van der Waals surface area contributed by atoms with E-state index in [1.54, 1.807) is 18.4 Å². The van der Waals surface area contributed by atoms with Crippen LogP contribution in [0.4, 0.5) is 4.79 Å². The standard InChI is InChI=1S/C8H8N2O2/c9-7-1-5-3-10(8(11)12)4-6(5)2-7/h1-3H,4,9H2,(H,11,12). The lowest BCUT2D eigenvalue weighted by Gasteiger charge is -2.06. The van der Waals surface area contributed by atoms with Crippen molar-refractivity contribution >= 4 is 6.09 Å². The quantitative estimate of drug-likeness (QED) is 0.552. The van der Waals surface area contributed by atoms with Crippen LogP contribution < -0.4 is 5.73 Å². The molecule has 0 fully saturated rings. The molecule has 2 rings (SSSR count). The minimum atomic E-state index is -0.926. The van der Waals surface area contributed by atoms with E-state index in [0.29, 0.717) is 12.2 Å². The highest BCUT2D eigenvalue weighted by Crippen LogP contribution is 2.27. The van der Waals surface area contributed by atoms with Crippen LogP contribution in [0.25, 0.3) is 0 Å². The number of carboxylic acid groups (broad SMARTS) is 1. The Kier molecular flexibility index (Phi) is 1.24. The second-order valence-corrected chi connectivity index (χ2v) is 2.81. The molecule has 1 aliphatic heterocycles. The zero-order chi connectivity index (χ0) is 8.72. The van der Waals surface area contributed by atoms with Crippen molar-refractivity contribution in [1.29, 1.82) is 0 Å². The molecule has 1 amide bonds. The van der Waals surface area contributed by atoms with Crippen molar-refractivity contribution in [3.05, 3.63) is 35.2 Å². The predicted octanol–water partition coefficient (Wildman–Crippen LogP) is 0.647. The fraction of sp³-hybridized carbons (Fsp3) is 0.125. The first-order chi connectivity index (χ1) is 5.66. The third-order valence-electron chi connectivity index (χ3n) is 1.92. The summed E-state index contributed by atoms with van der Waals surface area (Å²) in [5.41, 5.74) is 8.11. The highest BCUT2D eigenvalue weighted by molar-refractivity contribution is 5.71. The van der Waals surface area contributed by atoms with E-state index >= 15 is 0 Å². The summed E-state index contributed by atoms with van der Waals surface area (Å²) >= 11 is 0. The van der Waals surface area contributed by atoms with Crippen LogP contribution in [-0.4, -0.2) is 22.6 Å². The minimum absolute atomic E-state index is 0.419. The Hall–Kier alpha value is -1.71. The number of fused-ring (bicyclic) bond motifs is 1. The van der Waals surface area contributed by atoms with Gasteiger partial charge in [-0.25, -0.2) is 4.79 Å². The molecule has 0 aromatic heterocycles. The topological polar surface area (TPSA) is 66.6 Å². The molecule has 0 spiro atoms. The van der Waals surface area contributed by atoms with Crippen molar-refractivity contribution < 1.29 is 9.90 Å². The summed E-state index contributed by atoms with van der Waals surface area (Å²) in [5, 5.41) is 8.64. The molecule has 2 aliphatic rings. The van der Waals surface area contributed by atoms with Crippen molar-refractivity contribution in [1.82, 2.24) is 4.90 Å². The Labute approximate surface area is 69.3 Å². The van der Waals surface area contributed by atoms with Crippen LogP contribution in [0.1, 0.15) is 0 Å². The first-order valence-electron chi connectivity index (χ1n) is 3.56. The van der Waals surface area contributed by atoms with E-state index in [1.165, 1.54) is 4.90 Å². The van der Waals surface area contributed by atoms with Gasteiger partial charge in [-0.2, -0.15) is 0 Å². The van der Waals surface area contributed by atoms with E-state index in [4.69, 9.17) is 10.8 Å². The van der Waals surface area contributed by atoms with Gasteiger partial charge in [0.1, 0.15) is 0 Å². The maximum absolute atomic E-state index is 10.5. The Morgan fingerprint density at radius 1 is 1.58 bits per heavy atom. The van der Waals surface area contributed by atoms with Gasteiger partial charge < -0.3 is 10.8 Å². The third kappa shape index (κ3) is 0.887. The van der Waals surface area contributed by atoms with Gasteiger partial charge >= 0.3 is 6.09 Å². The fourth-order valence-electron chi connectivity index (χ4n) is 1.38. The van der Waals surface area contributed by atoms with Crippen molar-refractivity contribution in [3.8, 4) is 0 Å². The van der Waals surface area contributed by atoms with Gasteiger partial charge in [0, 0.05) is 11.9 Å². The predicted molar refractivity (Wildman–Crippen MR) is 43.2 cm³/mol. The molecular formula is C8H8N2O2. The Bertz CT molecular complexity index is 339. The summed E-state index contributed by atoms with van der Waals surface area (Å²) in [6, 6.07) is 0. The molecule has 4 heteroatoms. The lowest BCUT2D eigenvalue weighted by Crippen LogP contribution is -2.21. The zero-order valence-electron chi connectivity index (χ0n) is 6.32. The molecule has 12 heavy (non-hydrogen) atoms. The van der Waals surface area contributed by atoms with Gasteiger partial charge in [0.25, 0.3) is 0 Å². The average Bonchev–Trinajstić information content (AvgIpc) is 2.42. The molecule has 0 aromatic rings. The molecule has 0 bridgehead atoms. The molecule has 3 N–H and O–H groups in total. The molecule has 0 radical (unpaired) electrons. The van der Waals surface area contributed by atoms with E-state index in [2.05, 4.69) is 0 Å². The van der Waals surface area contributed by atoms with Crippen LogP contribution in [-0.2, 0) is 0 Å². The number of nitrogens with two attached hydrogens (primary N) is 1. The highest BCUT2D eigenvalue weighted by Gasteiger charge is 2.23. The van der Waals surface area contributed by atoms with Crippen molar-refractivity contribution in [2.45, 2.75) is 0 Å². The maximum Gasteiger partial charge on any atom is 0.411 e. The van der Waals surface area contributed by atoms with Crippen molar-refractivity contribution in [3.63, 3.8) is 0 Å². The number of amides is 1. The lowest BCUT2D eigenvalue weighted by molar-refractivity contribution is 0.167. The second kappa shape index (κ2) is 2.14. The van der Waals surface area contributed by atoms with Crippen LogP contribution in [0.2, 0.25) is 0 Å². The number of carbonyl (C=O) groups is 1. The van der Waals surface area contributed by atoms with Crippen molar-refractivity contribution in [2.24, 2.45) is 5.73 Å². The Balaban J connectivity index is 2.29. The molecule has 62 valence electrons.